The number of nitrogens with one attached hydrogen (secondary N) is 1. The molecule has 0 aliphatic carbocycles. The average Bonchev–Trinajstić information content (AvgIpc) is 3.11. The average molecular weight is 318 g/mol. The first-order valence-corrected chi connectivity index (χ1v) is 7.07. The SMILES string of the molecule is C[C@]1(c2ccco2)NC(=O)N(CCOc2cccc(F)c2)C1=O. The molecule has 120 valence electrons. The minimum atomic E-state index is -1.22. The number of amides is 3. The second-order valence-electron chi connectivity index (χ2n) is 5.30. The maximum absolute atomic E-state index is 13.1. The molecule has 6 nitrogen and oxygen atoms in total. The lowest BCUT2D eigenvalue weighted by molar-refractivity contribution is -0.131. The Morgan fingerprint density at radius 2 is 2.13 bits per heavy atom. The number of ether oxygens (including phenoxy) is 1. The maximum Gasteiger partial charge on any atom is 0.325 e. The van der Waals surface area contributed by atoms with Crippen molar-refractivity contribution >= 4 is 11.9 Å². The smallest absolute Gasteiger partial charge is 0.325 e. The molecule has 1 saturated heterocycles. The third kappa shape index (κ3) is 2.77. The minimum Gasteiger partial charge on any atom is -0.492 e. The number of furan rings is 1. The fraction of sp³-hybridized carbons (Fsp3) is 0.250. The number of nitrogens with zero attached hydrogens (tertiary/aromatic N) is 1. The van der Waals surface area contributed by atoms with Gasteiger partial charge in [0.15, 0.2) is 5.54 Å². The van der Waals surface area contributed by atoms with Crippen LogP contribution in [0.25, 0.3) is 0 Å². The van der Waals surface area contributed by atoms with Crippen molar-refractivity contribution in [3.05, 3.63) is 54.2 Å². The summed E-state index contributed by atoms with van der Waals surface area (Å²) >= 11 is 0. The molecule has 0 saturated carbocycles. The van der Waals surface area contributed by atoms with E-state index >= 15 is 0 Å². The molecule has 1 aliphatic rings. The second-order valence-corrected chi connectivity index (χ2v) is 5.30. The van der Waals surface area contributed by atoms with Crippen LogP contribution in [0.5, 0.6) is 5.75 Å². The molecule has 3 rings (SSSR count). The molecule has 7 heteroatoms. The van der Waals surface area contributed by atoms with E-state index in [1.165, 1.54) is 24.5 Å². The highest BCUT2D eigenvalue weighted by molar-refractivity contribution is 6.06. The molecule has 2 heterocycles. The predicted molar refractivity (Wildman–Crippen MR) is 78.2 cm³/mol. The van der Waals surface area contributed by atoms with Crippen LogP contribution in [0.4, 0.5) is 9.18 Å². The first kappa shape index (κ1) is 15.1. The normalized spacial score (nSPS) is 20.7. The molecule has 1 atom stereocenters. The van der Waals surface area contributed by atoms with Crippen molar-refractivity contribution in [2.75, 3.05) is 13.2 Å². The Hall–Kier alpha value is -2.83. The van der Waals surface area contributed by atoms with Crippen molar-refractivity contribution in [2.45, 2.75) is 12.5 Å². The summed E-state index contributed by atoms with van der Waals surface area (Å²) in [7, 11) is 0. The molecule has 23 heavy (non-hydrogen) atoms. The fourth-order valence-corrected chi connectivity index (χ4v) is 2.44. The molecule has 0 radical (unpaired) electrons. The van der Waals surface area contributed by atoms with E-state index in [2.05, 4.69) is 5.32 Å². The van der Waals surface area contributed by atoms with E-state index in [-0.39, 0.29) is 13.2 Å². The Balaban J connectivity index is 1.65. The number of benzene rings is 1. The lowest BCUT2D eigenvalue weighted by Gasteiger charge is -2.19. The third-order valence-corrected chi connectivity index (χ3v) is 3.67. The van der Waals surface area contributed by atoms with Crippen molar-refractivity contribution in [2.24, 2.45) is 0 Å². The van der Waals surface area contributed by atoms with Crippen LogP contribution in [0.15, 0.2) is 47.1 Å². The molecule has 0 spiro atoms. The van der Waals surface area contributed by atoms with Crippen molar-refractivity contribution < 1.29 is 23.1 Å². The number of hydrogen-bond donors (Lipinski definition) is 1. The number of carbonyl (C=O) groups excluding carboxylic acids is 2. The number of hydrogen-bond acceptors (Lipinski definition) is 4. The zero-order chi connectivity index (χ0) is 16.4. The highest BCUT2D eigenvalue weighted by atomic mass is 19.1. The van der Waals surface area contributed by atoms with Crippen LogP contribution in [0.2, 0.25) is 0 Å². The van der Waals surface area contributed by atoms with Crippen molar-refractivity contribution in [1.82, 2.24) is 10.2 Å². The predicted octanol–water partition coefficient (Wildman–Crippen LogP) is 2.26. The number of imide groups is 1. The monoisotopic (exact) mass is 318 g/mol. The summed E-state index contributed by atoms with van der Waals surface area (Å²) in [6.07, 6.45) is 1.44. The van der Waals surface area contributed by atoms with Gasteiger partial charge in [-0.05, 0) is 31.2 Å². The van der Waals surface area contributed by atoms with Crippen LogP contribution in [0.1, 0.15) is 12.7 Å². The Bertz CT molecular complexity index is 731. The van der Waals surface area contributed by atoms with Crippen LogP contribution in [0, 0.1) is 5.82 Å². The van der Waals surface area contributed by atoms with Gasteiger partial charge in [-0.25, -0.2) is 9.18 Å². The summed E-state index contributed by atoms with van der Waals surface area (Å²) in [6, 6.07) is 8.42. The quantitative estimate of drug-likeness (QED) is 0.859. The van der Waals surface area contributed by atoms with Gasteiger partial charge < -0.3 is 14.5 Å². The van der Waals surface area contributed by atoms with Crippen molar-refractivity contribution in [3.8, 4) is 5.75 Å². The molecule has 2 aromatic rings. The largest absolute Gasteiger partial charge is 0.492 e. The second kappa shape index (κ2) is 5.75. The number of rotatable bonds is 5. The van der Waals surface area contributed by atoms with E-state index in [0.29, 0.717) is 11.5 Å². The van der Waals surface area contributed by atoms with Gasteiger partial charge in [-0.3, -0.25) is 9.69 Å². The highest BCUT2D eigenvalue weighted by Crippen LogP contribution is 2.28. The van der Waals surface area contributed by atoms with Gasteiger partial charge in [0.05, 0.1) is 12.8 Å². The summed E-state index contributed by atoms with van der Waals surface area (Å²) in [4.78, 5) is 25.6. The van der Waals surface area contributed by atoms with Gasteiger partial charge in [-0.2, -0.15) is 0 Å². The van der Waals surface area contributed by atoms with Gasteiger partial charge in [0.1, 0.15) is 23.9 Å². The zero-order valence-corrected chi connectivity index (χ0v) is 12.4. The number of urea groups is 1. The van der Waals surface area contributed by atoms with Gasteiger partial charge in [-0.15, -0.1) is 0 Å². The molecule has 1 fully saturated rings. The zero-order valence-electron chi connectivity index (χ0n) is 12.4. The summed E-state index contributed by atoms with van der Waals surface area (Å²) in [5, 5.41) is 2.62. The Kier molecular flexibility index (Phi) is 3.77. The molecular weight excluding hydrogens is 303 g/mol. The summed E-state index contributed by atoms with van der Waals surface area (Å²) in [5.41, 5.74) is -1.22. The van der Waals surface area contributed by atoms with Gasteiger partial charge in [0.2, 0.25) is 0 Å². The van der Waals surface area contributed by atoms with Crippen molar-refractivity contribution in [1.29, 1.82) is 0 Å². The van der Waals surface area contributed by atoms with Gasteiger partial charge in [0.25, 0.3) is 5.91 Å². The third-order valence-electron chi connectivity index (χ3n) is 3.67. The van der Waals surface area contributed by atoms with E-state index in [9.17, 15) is 14.0 Å². The lowest BCUT2D eigenvalue weighted by atomic mass is 9.99. The molecule has 3 amide bonds. The molecule has 1 aromatic heterocycles. The highest BCUT2D eigenvalue weighted by Gasteiger charge is 2.50. The van der Waals surface area contributed by atoms with E-state index in [1.807, 2.05) is 0 Å². The number of carbonyl (C=O) groups is 2. The van der Waals surface area contributed by atoms with E-state index in [0.717, 1.165) is 4.90 Å². The van der Waals surface area contributed by atoms with Gasteiger partial charge >= 0.3 is 6.03 Å². The first-order valence-electron chi connectivity index (χ1n) is 7.07. The van der Waals surface area contributed by atoms with Gasteiger partial charge in [0, 0.05) is 6.07 Å². The van der Waals surface area contributed by atoms with Crippen LogP contribution in [-0.2, 0) is 10.3 Å². The molecule has 0 unspecified atom stereocenters. The first-order chi connectivity index (χ1) is 11.0. The lowest BCUT2D eigenvalue weighted by Crippen LogP contribution is -2.41. The standard InChI is InChI=1S/C16H15FN2O4/c1-16(13-6-3-8-23-13)14(20)19(15(21)18-16)7-9-22-12-5-2-4-11(17)10-12/h2-6,8,10H,7,9H2,1H3,(H,18,21)/t16-/m1/s1. The Morgan fingerprint density at radius 1 is 1.30 bits per heavy atom. The van der Waals surface area contributed by atoms with Crippen LogP contribution >= 0.6 is 0 Å². The molecule has 1 aromatic carbocycles. The Labute approximate surface area is 131 Å². The molecule has 0 bridgehead atoms. The van der Waals surface area contributed by atoms with Crippen LogP contribution < -0.4 is 10.1 Å². The fourth-order valence-electron chi connectivity index (χ4n) is 2.44. The maximum atomic E-state index is 13.1. The summed E-state index contributed by atoms with van der Waals surface area (Å²) < 4.78 is 23.7. The number of halogens is 1. The Morgan fingerprint density at radius 3 is 2.83 bits per heavy atom. The molecule has 1 N–H and O–H groups in total. The van der Waals surface area contributed by atoms with Crippen LogP contribution in [-0.4, -0.2) is 30.0 Å². The van der Waals surface area contributed by atoms with Crippen molar-refractivity contribution in [3.63, 3.8) is 0 Å². The molecular formula is C16H15FN2O4. The van der Waals surface area contributed by atoms with Crippen LogP contribution in [0.3, 0.4) is 0 Å². The summed E-state index contributed by atoms with van der Waals surface area (Å²) in [5.74, 6) is -0.126. The van der Waals surface area contributed by atoms with E-state index in [4.69, 9.17) is 9.15 Å². The van der Waals surface area contributed by atoms with Gasteiger partial charge in [-0.1, -0.05) is 6.07 Å². The molecule has 1 aliphatic heterocycles. The van der Waals surface area contributed by atoms with E-state index in [1.54, 1.807) is 25.1 Å². The topological polar surface area (TPSA) is 71.8 Å². The summed E-state index contributed by atoms with van der Waals surface area (Å²) in [6.45, 7) is 1.70. The van der Waals surface area contributed by atoms with E-state index < -0.39 is 23.3 Å². The minimum absolute atomic E-state index is 0.0531.